The Labute approximate surface area is 234 Å². The predicted octanol–water partition coefficient (Wildman–Crippen LogP) is 1.48. The number of nitrogens with zero attached hydrogens (tertiary/aromatic N) is 6. The van der Waals surface area contributed by atoms with Crippen LogP contribution in [-0.2, 0) is 14.8 Å². The molecule has 220 valence electrons. The van der Waals surface area contributed by atoms with E-state index in [9.17, 15) is 26.4 Å². The van der Waals surface area contributed by atoms with Gasteiger partial charge in [0.05, 0.1) is 28.5 Å². The first-order valence-electron chi connectivity index (χ1n) is 11.8. The first-order chi connectivity index (χ1) is 19.2. The minimum Gasteiger partial charge on any atom is -0.475 e. The van der Waals surface area contributed by atoms with Crippen LogP contribution in [0.3, 0.4) is 0 Å². The maximum absolute atomic E-state index is 13.2. The molecule has 5 N–H and O–H groups in total. The van der Waals surface area contributed by atoms with Crippen molar-refractivity contribution in [1.82, 2.24) is 34.3 Å². The Hall–Kier alpha value is -4.16. The highest BCUT2D eigenvalue weighted by Crippen LogP contribution is 2.33. The Morgan fingerprint density at radius 1 is 1.27 bits per heavy atom. The molecule has 19 heteroatoms. The van der Waals surface area contributed by atoms with Gasteiger partial charge in [-0.05, 0) is 25.1 Å². The SMILES string of the molecule is CC(NC(=O)c1c(N)nn2cccnc12)c1cc(Cl)c2ccnn2c1N1CCNS(=O)(=O)CC1.O=C(O)C(F)(F)F. The molecule has 1 unspecified atom stereocenters. The van der Waals surface area contributed by atoms with Crippen LogP contribution in [0.5, 0.6) is 0 Å². The third kappa shape index (κ3) is 6.44. The van der Waals surface area contributed by atoms with Gasteiger partial charge in [0.1, 0.15) is 11.4 Å². The van der Waals surface area contributed by atoms with Crippen LogP contribution in [0.2, 0.25) is 5.02 Å². The minimum absolute atomic E-state index is 0.0629. The van der Waals surface area contributed by atoms with Crippen LogP contribution in [0.25, 0.3) is 11.2 Å². The summed E-state index contributed by atoms with van der Waals surface area (Å²) in [5.41, 5.74) is 7.87. The van der Waals surface area contributed by atoms with Gasteiger partial charge in [-0.2, -0.15) is 18.3 Å². The first-order valence-corrected chi connectivity index (χ1v) is 13.8. The Bertz CT molecular complexity index is 1720. The van der Waals surface area contributed by atoms with Crippen LogP contribution in [0.15, 0.2) is 36.8 Å². The number of nitrogens with one attached hydrogen (secondary N) is 2. The van der Waals surface area contributed by atoms with Crippen LogP contribution < -0.4 is 20.7 Å². The van der Waals surface area contributed by atoms with Gasteiger partial charge in [-0.15, -0.1) is 5.10 Å². The van der Waals surface area contributed by atoms with E-state index in [1.54, 1.807) is 41.3 Å². The number of carbonyl (C=O) groups is 2. The second kappa shape index (κ2) is 11.4. The van der Waals surface area contributed by atoms with E-state index in [4.69, 9.17) is 27.2 Å². The van der Waals surface area contributed by atoms with Crippen LogP contribution in [-0.4, -0.2) is 81.2 Å². The third-order valence-corrected chi connectivity index (χ3v) is 7.63. The summed E-state index contributed by atoms with van der Waals surface area (Å²) in [6.45, 7) is 2.74. The molecule has 0 bridgehead atoms. The summed E-state index contributed by atoms with van der Waals surface area (Å²) in [7, 11) is -3.36. The van der Waals surface area contributed by atoms with Crippen LogP contribution in [0.4, 0.5) is 24.8 Å². The zero-order valence-electron chi connectivity index (χ0n) is 21.1. The number of hydrogen-bond donors (Lipinski definition) is 4. The number of rotatable bonds is 4. The molecule has 4 aromatic heterocycles. The number of fused-ring (bicyclic) bond motifs is 2. The van der Waals surface area contributed by atoms with E-state index in [-0.39, 0.29) is 30.2 Å². The zero-order chi connectivity index (χ0) is 30.1. The molecule has 0 aliphatic carbocycles. The number of alkyl halides is 3. The lowest BCUT2D eigenvalue weighted by atomic mass is 10.1. The molecule has 1 aliphatic heterocycles. The number of carbonyl (C=O) groups excluding carboxylic acids is 1. The molecule has 1 amide bonds. The maximum atomic E-state index is 13.2. The van der Waals surface area contributed by atoms with Gasteiger partial charge in [0, 0.05) is 37.6 Å². The fourth-order valence-electron chi connectivity index (χ4n) is 4.12. The number of aliphatic carboxylic acids is 1. The standard InChI is InChI=1S/C20H22ClN9O3S.C2HF3O2/c1-12(26-19(31)16-17(22)27-29-7-2-4-23-18(16)29)13-11-14(21)15-3-5-24-30(15)20(13)28-8-6-25-34(32,33)10-9-28;3-2(4,5)1(6)7/h2-5,7,11-12,25H,6,8-10H2,1H3,(H2,22,27)(H,26,31);(H,6,7). The molecular formula is C22H23ClF3N9O5S. The smallest absolute Gasteiger partial charge is 0.475 e. The van der Waals surface area contributed by atoms with Crippen molar-refractivity contribution in [2.75, 3.05) is 36.0 Å². The van der Waals surface area contributed by atoms with E-state index >= 15 is 0 Å². The summed E-state index contributed by atoms with van der Waals surface area (Å²) < 4.78 is 61.6. The summed E-state index contributed by atoms with van der Waals surface area (Å²) in [5, 5.41) is 19.1. The molecule has 4 aromatic rings. The lowest BCUT2D eigenvalue weighted by molar-refractivity contribution is -0.192. The van der Waals surface area contributed by atoms with Gasteiger partial charge < -0.3 is 21.1 Å². The van der Waals surface area contributed by atoms with E-state index in [1.165, 1.54) is 4.52 Å². The number of carboxylic acids is 1. The molecule has 5 rings (SSSR count). The number of hydrogen-bond acceptors (Lipinski definition) is 9. The van der Waals surface area contributed by atoms with Crippen molar-refractivity contribution in [1.29, 1.82) is 0 Å². The second-order valence-corrected chi connectivity index (χ2v) is 11.1. The van der Waals surface area contributed by atoms with Crippen molar-refractivity contribution in [3.8, 4) is 0 Å². The molecule has 0 spiro atoms. The number of nitrogens with two attached hydrogens (primary N) is 1. The van der Waals surface area contributed by atoms with E-state index in [0.717, 1.165) is 0 Å². The summed E-state index contributed by atoms with van der Waals surface area (Å²) in [6.07, 6.45) is -0.249. The highest BCUT2D eigenvalue weighted by Gasteiger charge is 2.38. The van der Waals surface area contributed by atoms with Gasteiger partial charge in [-0.3, -0.25) is 4.79 Å². The number of amides is 1. The van der Waals surface area contributed by atoms with E-state index in [1.807, 2.05) is 11.8 Å². The Balaban J connectivity index is 0.000000493. The van der Waals surface area contributed by atoms with Gasteiger partial charge in [0.15, 0.2) is 11.5 Å². The summed E-state index contributed by atoms with van der Waals surface area (Å²) in [6, 6.07) is 4.70. The number of pyridine rings is 1. The molecule has 1 atom stereocenters. The minimum atomic E-state index is -5.08. The van der Waals surface area contributed by atoms with Gasteiger partial charge in [-0.25, -0.2) is 31.9 Å². The lowest BCUT2D eigenvalue weighted by Crippen LogP contribution is -2.34. The fourth-order valence-corrected chi connectivity index (χ4v) is 5.38. The average molecular weight is 618 g/mol. The molecule has 1 aliphatic rings. The Morgan fingerprint density at radius 3 is 2.66 bits per heavy atom. The number of carboxylic acid groups (broad SMARTS) is 1. The number of sulfonamides is 1. The third-order valence-electron chi connectivity index (χ3n) is 5.97. The van der Waals surface area contributed by atoms with Crippen molar-refractivity contribution in [2.24, 2.45) is 0 Å². The number of aromatic nitrogens is 5. The quantitative estimate of drug-likeness (QED) is 0.261. The van der Waals surface area contributed by atoms with E-state index < -0.39 is 34.1 Å². The molecule has 5 heterocycles. The number of halogens is 4. The Kier molecular flexibility index (Phi) is 8.27. The van der Waals surface area contributed by atoms with E-state index in [0.29, 0.717) is 34.1 Å². The summed E-state index contributed by atoms with van der Waals surface area (Å²) in [5.74, 6) is -2.55. The molecule has 0 aromatic carbocycles. The molecule has 1 fully saturated rings. The highest BCUT2D eigenvalue weighted by molar-refractivity contribution is 7.89. The van der Waals surface area contributed by atoms with Crippen molar-refractivity contribution in [3.63, 3.8) is 0 Å². The summed E-state index contributed by atoms with van der Waals surface area (Å²) >= 11 is 6.53. The van der Waals surface area contributed by atoms with Crippen molar-refractivity contribution >= 4 is 56.3 Å². The Morgan fingerprint density at radius 2 is 1.98 bits per heavy atom. The van der Waals surface area contributed by atoms with Crippen molar-refractivity contribution < 1.29 is 36.3 Å². The molecule has 14 nitrogen and oxygen atoms in total. The van der Waals surface area contributed by atoms with Crippen LogP contribution in [0.1, 0.15) is 28.9 Å². The number of anilines is 2. The molecule has 41 heavy (non-hydrogen) atoms. The molecular weight excluding hydrogens is 595 g/mol. The van der Waals surface area contributed by atoms with Crippen LogP contribution >= 0.6 is 11.6 Å². The normalized spacial score (nSPS) is 16.1. The maximum Gasteiger partial charge on any atom is 0.490 e. The van der Waals surface area contributed by atoms with Gasteiger partial charge in [0.25, 0.3) is 5.91 Å². The lowest BCUT2D eigenvalue weighted by Gasteiger charge is -2.28. The topological polar surface area (TPSA) is 189 Å². The molecule has 0 saturated carbocycles. The first kappa shape index (κ1) is 29.8. The van der Waals surface area contributed by atoms with Gasteiger partial charge in [0.2, 0.25) is 10.0 Å². The predicted molar refractivity (Wildman–Crippen MR) is 141 cm³/mol. The van der Waals surface area contributed by atoms with Crippen LogP contribution in [0, 0.1) is 0 Å². The van der Waals surface area contributed by atoms with Crippen molar-refractivity contribution in [3.05, 3.63) is 52.9 Å². The number of nitrogen functional groups attached to an aromatic ring is 1. The highest BCUT2D eigenvalue weighted by atomic mass is 35.5. The monoisotopic (exact) mass is 617 g/mol. The van der Waals surface area contributed by atoms with Gasteiger partial charge >= 0.3 is 12.1 Å². The summed E-state index contributed by atoms with van der Waals surface area (Å²) in [4.78, 5) is 28.2. The van der Waals surface area contributed by atoms with E-state index in [2.05, 4.69) is 25.2 Å². The zero-order valence-corrected chi connectivity index (χ0v) is 22.7. The second-order valence-electron chi connectivity index (χ2n) is 8.75. The van der Waals surface area contributed by atoms with Gasteiger partial charge in [-0.1, -0.05) is 11.6 Å². The molecule has 1 saturated heterocycles. The largest absolute Gasteiger partial charge is 0.490 e. The molecule has 0 radical (unpaired) electrons. The van der Waals surface area contributed by atoms with Crippen molar-refractivity contribution in [2.45, 2.75) is 19.1 Å². The fraction of sp³-hybridized carbons (Fsp3) is 0.318. The average Bonchev–Trinajstić information content (AvgIpc) is 3.45.